The zero-order valence-electron chi connectivity index (χ0n) is 9.24. The lowest BCUT2D eigenvalue weighted by Gasteiger charge is -2.13. The third kappa shape index (κ3) is 3.05. The molecule has 2 aromatic carbocycles. The van der Waals surface area contributed by atoms with Crippen LogP contribution in [0, 0.1) is 0 Å². The molecule has 2 rings (SSSR count). The zero-order valence-corrected chi connectivity index (χ0v) is 11.5. The van der Waals surface area contributed by atoms with Crippen LogP contribution in [0.3, 0.4) is 0 Å². The van der Waals surface area contributed by atoms with Crippen LogP contribution in [-0.4, -0.2) is 5.24 Å². The summed E-state index contributed by atoms with van der Waals surface area (Å²) in [6.45, 7) is 0. The van der Waals surface area contributed by atoms with Gasteiger partial charge < -0.3 is 0 Å². The molecule has 0 aliphatic heterocycles. The van der Waals surface area contributed by atoms with Gasteiger partial charge >= 0.3 is 0 Å². The van der Waals surface area contributed by atoms with Crippen molar-refractivity contribution in [1.82, 2.24) is 0 Å². The van der Waals surface area contributed by atoms with Crippen LogP contribution in [0.4, 0.5) is 0 Å². The van der Waals surface area contributed by atoms with E-state index in [4.69, 9.17) is 34.8 Å². The van der Waals surface area contributed by atoms with Crippen molar-refractivity contribution in [2.75, 3.05) is 0 Å². The molecular weight excluding hydrogens is 291 g/mol. The number of hydrogen-bond acceptors (Lipinski definition) is 1. The Morgan fingerprint density at radius 1 is 0.778 bits per heavy atom. The summed E-state index contributed by atoms with van der Waals surface area (Å²) in [4.78, 5) is 11.6. The summed E-state index contributed by atoms with van der Waals surface area (Å²) < 4.78 is 0. The molecule has 2 aromatic rings. The van der Waals surface area contributed by atoms with Crippen LogP contribution in [0.5, 0.6) is 0 Å². The predicted octanol–water partition coefficient (Wildman–Crippen LogP) is 4.89. The average molecular weight is 300 g/mol. The normalized spacial score (nSPS) is 10.7. The van der Waals surface area contributed by atoms with E-state index < -0.39 is 11.2 Å². The summed E-state index contributed by atoms with van der Waals surface area (Å²) in [6.07, 6.45) is 0. The molecular formula is C14H9Cl3O. The summed E-state index contributed by atoms with van der Waals surface area (Å²) in [6, 6.07) is 14.1. The molecule has 0 heterocycles. The number of carbonyl (C=O) groups excluding carboxylic acids is 1. The summed E-state index contributed by atoms with van der Waals surface area (Å²) >= 11 is 17.3. The van der Waals surface area contributed by atoms with Gasteiger partial charge in [-0.3, -0.25) is 4.79 Å². The van der Waals surface area contributed by atoms with Crippen molar-refractivity contribution in [1.29, 1.82) is 0 Å². The highest BCUT2D eigenvalue weighted by Crippen LogP contribution is 2.28. The van der Waals surface area contributed by atoms with Gasteiger partial charge in [-0.2, -0.15) is 0 Å². The van der Waals surface area contributed by atoms with E-state index in [1.54, 1.807) is 48.5 Å². The molecule has 0 aliphatic rings. The van der Waals surface area contributed by atoms with Gasteiger partial charge in [-0.25, -0.2) is 0 Å². The Labute approximate surface area is 120 Å². The number of benzene rings is 2. The van der Waals surface area contributed by atoms with Crippen LogP contribution in [0.15, 0.2) is 48.5 Å². The Balaban J connectivity index is 2.43. The Morgan fingerprint density at radius 3 is 1.39 bits per heavy atom. The van der Waals surface area contributed by atoms with Crippen LogP contribution in [-0.2, 0) is 4.79 Å². The van der Waals surface area contributed by atoms with Gasteiger partial charge in [-0.15, -0.1) is 0 Å². The maximum absolute atomic E-state index is 11.6. The van der Waals surface area contributed by atoms with Gasteiger partial charge in [0.05, 0.1) is 5.92 Å². The fraction of sp³-hybridized carbons (Fsp3) is 0.0714. The van der Waals surface area contributed by atoms with Crippen molar-refractivity contribution in [3.8, 4) is 0 Å². The molecule has 0 unspecified atom stereocenters. The molecule has 0 radical (unpaired) electrons. The summed E-state index contributed by atoms with van der Waals surface area (Å²) in [5, 5.41) is 0.811. The Bertz CT molecular complexity index is 501. The second-order valence-corrected chi connectivity index (χ2v) is 5.09. The number of rotatable bonds is 3. The van der Waals surface area contributed by atoms with Crippen molar-refractivity contribution in [2.45, 2.75) is 5.92 Å². The first-order valence-electron chi connectivity index (χ1n) is 5.28. The number of halogens is 3. The largest absolute Gasteiger partial charge is 0.280 e. The monoisotopic (exact) mass is 298 g/mol. The van der Waals surface area contributed by atoms with Gasteiger partial charge in [0.1, 0.15) is 0 Å². The minimum atomic E-state index is -0.499. The first-order valence-corrected chi connectivity index (χ1v) is 6.41. The van der Waals surface area contributed by atoms with Crippen molar-refractivity contribution < 1.29 is 4.79 Å². The fourth-order valence-electron chi connectivity index (χ4n) is 1.76. The molecule has 0 bridgehead atoms. The van der Waals surface area contributed by atoms with Gasteiger partial charge in [0.15, 0.2) is 0 Å². The maximum Gasteiger partial charge on any atom is 0.233 e. The lowest BCUT2D eigenvalue weighted by molar-refractivity contribution is -0.112. The maximum atomic E-state index is 11.6. The van der Waals surface area contributed by atoms with Gasteiger partial charge in [0, 0.05) is 10.0 Å². The Morgan fingerprint density at radius 2 is 1.11 bits per heavy atom. The molecule has 0 aliphatic carbocycles. The lowest BCUT2D eigenvalue weighted by Crippen LogP contribution is -2.08. The van der Waals surface area contributed by atoms with Crippen LogP contribution in [0.1, 0.15) is 17.0 Å². The highest BCUT2D eigenvalue weighted by molar-refractivity contribution is 6.65. The lowest BCUT2D eigenvalue weighted by atomic mass is 9.92. The van der Waals surface area contributed by atoms with Gasteiger partial charge in [0.2, 0.25) is 5.24 Å². The second kappa shape index (κ2) is 5.75. The van der Waals surface area contributed by atoms with Crippen LogP contribution >= 0.6 is 34.8 Å². The highest BCUT2D eigenvalue weighted by Gasteiger charge is 2.20. The third-order valence-corrected chi connectivity index (χ3v) is 3.36. The smallest absolute Gasteiger partial charge is 0.233 e. The minimum Gasteiger partial charge on any atom is -0.280 e. The van der Waals surface area contributed by atoms with Crippen molar-refractivity contribution in [3.05, 3.63) is 69.7 Å². The summed E-state index contributed by atoms with van der Waals surface area (Å²) in [5.74, 6) is -0.499. The van der Waals surface area contributed by atoms with E-state index >= 15 is 0 Å². The molecule has 1 nitrogen and oxygen atoms in total. The first kappa shape index (κ1) is 13.4. The quantitative estimate of drug-likeness (QED) is 0.737. The second-order valence-electron chi connectivity index (χ2n) is 3.84. The van der Waals surface area contributed by atoms with E-state index in [-0.39, 0.29) is 0 Å². The van der Waals surface area contributed by atoms with E-state index in [0.717, 1.165) is 11.1 Å². The van der Waals surface area contributed by atoms with Crippen molar-refractivity contribution in [2.24, 2.45) is 0 Å². The molecule has 0 fully saturated rings. The Hall–Kier alpha value is -1.02. The molecule has 4 heteroatoms. The Kier molecular flexibility index (Phi) is 4.28. The molecule has 92 valence electrons. The molecule has 18 heavy (non-hydrogen) atoms. The molecule has 0 atom stereocenters. The standard InChI is InChI=1S/C14H9Cl3O/c15-11-5-1-9(2-6-11)13(14(17)18)10-3-7-12(16)8-4-10/h1-8,13H. The van der Waals surface area contributed by atoms with E-state index in [0.29, 0.717) is 10.0 Å². The van der Waals surface area contributed by atoms with Gasteiger partial charge in [-0.05, 0) is 47.0 Å². The number of hydrogen-bond donors (Lipinski definition) is 0. The van der Waals surface area contributed by atoms with Gasteiger partial charge in [0.25, 0.3) is 0 Å². The topological polar surface area (TPSA) is 17.1 Å². The van der Waals surface area contributed by atoms with Crippen LogP contribution < -0.4 is 0 Å². The minimum absolute atomic E-state index is 0.431. The molecule has 0 saturated heterocycles. The highest BCUT2D eigenvalue weighted by atomic mass is 35.5. The summed E-state index contributed by atoms with van der Waals surface area (Å²) in [5.41, 5.74) is 1.61. The molecule has 0 amide bonds. The third-order valence-electron chi connectivity index (χ3n) is 2.63. The fourth-order valence-corrected chi connectivity index (χ4v) is 2.27. The van der Waals surface area contributed by atoms with E-state index in [1.165, 1.54) is 0 Å². The molecule has 0 N–H and O–H groups in total. The molecule has 0 spiro atoms. The van der Waals surface area contributed by atoms with Crippen molar-refractivity contribution in [3.63, 3.8) is 0 Å². The molecule has 0 aromatic heterocycles. The predicted molar refractivity (Wildman–Crippen MR) is 75.6 cm³/mol. The SMILES string of the molecule is O=C(Cl)C(c1ccc(Cl)cc1)c1ccc(Cl)cc1. The first-order chi connectivity index (χ1) is 8.58. The van der Waals surface area contributed by atoms with Gasteiger partial charge in [-0.1, -0.05) is 47.5 Å². The van der Waals surface area contributed by atoms with E-state index in [9.17, 15) is 4.79 Å². The zero-order chi connectivity index (χ0) is 13.1. The van der Waals surface area contributed by atoms with Crippen LogP contribution in [0.2, 0.25) is 10.0 Å². The molecule has 0 saturated carbocycles. The van der Waals surface area contributed by atoms with Crippen LogP contribution in [0.25, 0.3) is 0 Å². The summed E-state index contributed by atoms with van der Waals surface area (Å²) in [7, 11) is 0. The number of carbonyl (C=O) groups is 1. The van der Waals surface area contributed by atoms with Crippen molar-refractivity contribution >= 4 is 40.0 Å². The van der Waals surface area contributed by atoms with E-state index in [2.05, 4.69) is 0 Å². The average Bonchev–Trinajstić information content (AvgIpc) is 2.34. The van der Waals surface area contributed by atoms with E-state index in [1.807, 2.05) is 0 Å².